The monoisotopic (exact) mass is 226 g/mol. The standard InChI is InChI=1S/C11H18N2O3/c1-2-6-13(8-11(15)16)9-4-3-5-12-10(14)7-9/h2,9H,1,3-8H2,(H,12,14)(H,15,16). The maximum absolute atomic E-state index is 11.4. The minimum Gasteiger partial charge on any atom is -0.480 e. The number of carbonyl (C=O) groups is 2. The average Bonchev–Trinajstić information content (AvgIpc) is 2.41. The van der Waals surface area contributed by atoms with Gasteiger partial charge in [0.25, 0.3) is 0 Å². The third-order valence-electron chi connectivity index (χ3n) is 2.68. The Morgan fingerprint density at radius 1 is 1.69 bits per heavy atom. The second kappa shape index (κ2) is 6.27. The van der Waals surface area contributed by atoms with E-state index in [1.807, 2.05) is 0 Å². The van der Waals surface area contributed by atoms with Crippen LogP contribution in [0.25, 0.3) is 0 Å². The summed E-state index contributed by atoms with van der Waals surface area (Å²) in [5, 5.41) is 11.6. The molecule has 2 N–H and O–H groups in total. The summed E-state index contributed by atoms with van der Waals surface area (Å²) in [4.78, 5) is 23.9. The van der Waals surface area contributed by atoms with E-state index >= 15 is 0 Å². The second-order valence-corrected chi connectivity index (χ2v) is 3.96. The molecular weight excluding hydrogens is 208 g/mol. The highest BCUT2D eigenvalue weighted by Gasteiger charge is 2.24. The molecule has 0 saturated carbocycles. The highest BCUT2D eigenvalue weighted by atomic mass is 16.4. The Hall–Kier alpha value is -1.36. The number of carboxylic acids is 1. The summed E-state index contributed by atoms with van der Waals surface area (Å²) >= 11 is 0. The average molecular weight is 226 g/mol. The van der Waals surface area contributed by atoms with Gasteiger partial charge >= 0.3 is 5.97 Å². The van der Waals surface area contributed by atoms with Crippen molar-refractivity contribution in [2.75, 3.05) is 19.6 Å². The summed E-state index contributed by atoms with van der Waals surface area (Å²) in [5.41, 5.74) is 0. The molecule has 0 aromatic rings. The topological polar surface area (TPSA) is 69.6 Å². The van der Waals surface area contributed by atoms with E-state index < -0.39 is 5.97 Å². The molecular formula is C11H18N2O3. The minimum atomic E-state index is -0.869. The molecule has 1 atom stereocenters. The molecule has 0 aromatic carbocycles. The predicted molar refractivity (Wildman–Crippen MR) is 60.1 cm³/mol. The fourth-order valence-corrected chi connectivity index (χ4v) is 1.95. The lowest BCUT2D eigenvalue weighted by Gasteiger charge is -2.27. The number of aliphatic carboxylic acids is 1. The molecule has 1 rings (SSSR count). The molecule has 5 nitrogen and oxygen atoms in total. The summed E-state index contributed by atoms with van der Waals surface area (Å²) in [6, 6.07) is 0.0107. The lowest BCUT2D eigenvalue weighted by atomic mass is 10.1. The van der Waals surface area contributed by atoms with Crippen molar-refractivity contribution in [3.8, 4) is 0 Å². The molecule has 0 radical (unpaired) electrons. The molecule has 1 amide bonds. The van der Waals surface area contributed by atoms with Crippen molar-refractivity contribution in [1.29, 1.82) is 0 Å². The zero-order valence-electron chi connectivity index (χ0n) is 9.32. The van der Waals surface area contributed by atoms with Crippen LogP contribution in [-0.4, -0.2) is 47.6 Å². The second-order valence-electron chi connectivity index (χ2n) is 3.96. The summed E-state index contributed by atoms with van der Waals surface area (Å²) < 4.78 is 0. The van der Waals surface area contributed by atoms with Gasteiger partial charge in [-0.05, 0) is 12.8 Å². The van der Waals surface area contributed by atoms with Crippen molar-refractivity contribution in [1.82, 2.24) is 10.2 Å². The molecule has 0 spiro atoms. The van der Waals surface area contributed by atoms with Crippen LogP contribution >= 0.6 is 0 Å². The molecule has 5 heteroatoms. The Morgan fingerprint density at radius 3 is 3.06 bits per heavy atom. The van der Waals surface area contributed by atoms with Crippen LogP contribution in [0.15, 0.2) is 12.7 Å². The number of nitrogens with one attached hydrogen (secondary N) is 1. The fourth-order valence-electron chi connectivity index (χ4n) is 1.95. The lowest BCUT2D eigenvalue weighted by molar-refractivity contribution is -0.139. The van der Waals surface area contributed by atoms with E-state index in [1.165, 1.54) is 0 Å². The Morgan fingerprint density at radius 2 is 2.44 bits per heavy atom. The van der Waals surface area contributed by atoms with Crippen molar-refractivity contribution in [2.45, 2.75) is 25.3 Å². The quantitative estimate of drug-likeness (QED) is 0.658. The predicted octanol–water partition coefficient (Wildman–Crippen LogP) is 0.228. The Balaban J connectivity index is 2.62. The summed E-state index contributed by atoms with van der Waals surface area (Å²) in [7, 11) is 0. The van der Waals surface area contributed by atoms with Gasteiger partial charge in [-0.3, -0.25) is 14.5 Å². The largest absolute Gasteiger partial charge is 0.480 e. The van der Waals surface area contributed by atoms with Crippen LogP contribution in [0.1, 0.15) is 19.3 Å². The van der Waals surface area contributed by atoms with E-state index in [0.717, 1.165) is 12.8 Å². The molecule has 1 aliphatic rings. The van der Waals surface area contributed by atoms with Crippen LogP contribution in [0.4, 0.5) is 0 Å². The van der Waals surface area contributed by atoms with Gasteiger partial charge in [0.15, 0.2) is 0 Å². The molecule has 1 aliphatic heterocycles. The van der Waals surface area contributed by atoms with Crippen molar-refractivity contribution in [3.05, 3.63) is 12.7 Å². The Labute approximate surface area is 95.1 Å². The van der Waals surface area contributed by atoms with Gasteiger partial charge in [0.2, 0.25) is 5.91 Å². The molecule has 0 aliphatic carbocycles. The molecule has 90 valence electrons. The number of rotatable bonds is 5. The maximum atomic E-state index is 11.4. The number of carbonyl (C=O) groups excluding carboxylic acids is 1. The number of hydrogen-bond acceptors (Lipinski definition) is 3. The summed E-state index contributed by atoms with van der Waals surface area (Å²) in [5.74, 6) is -0.867. The Bertz CT molecular complexity index is 278. The minimum absolute atomic E-state index is 0.00181. The van der Waals surface area contributed by atoms with Crippen molar-refractivity contribution < 1.29 is 14.7 Å². The van der Waals surface area contributed by atoms with Gasteiger partial charge in [0.05, 0.1) is 6.54 Å². The zero-order chi connectivity index (χ0) is 12.0. The molecule has 16 heavy (non-hydrogen) atoms. The third kappa shape index (κ3) is 4.02. The first-order valence-electron chi connectivity index (χ1n) is 5.47. The van der Waals surface area contributed by atoms with Crippen LogP contribution in [-0.2, 0) is 9.59 Å². The molecule has 1 unspecified atom stereocenters. The third-order valence-corrected chi connectivity index (χ3v) is 2.68. The van der Waals surface area contributed by atoms with Gasteiger partial charge in [-0.15, -0.1) is 6.58 Å². The number of amides is 1. The highest BCUT2D eigenvalue weighted by Crippen LogP contribution is 2.13. The van der Waals surface area contributed by atoms with Crippen LogP contribution in [0.2, 0.25) is 0 Å². The molecule has 1 heterocycles. The fraction of sp³-hybridized carbons (Fsp3) is 0.636. The number of nitrogens with zero attached hydrogens (tertiary/aromatic N) is 1. The lowest BCUT2D eigenvalue weighted by Crippen LogP contribution is -2.40. The van der Waals surface area contributed by atoms with E-state index in [2.05, 4.69) is 11.9 Å². The van der Waals surface area contributed by atoms with E-state index in [0.29, 0.717) is 19.5 Å². The highest BCUT2D eigenvalue weighted by molar-refractivity contribution is 5.77. The van der Waals surface area contributed by atoms with Gasteiger partial charge in [0, 0.05) is 25.6 Å². The molecule has 0 bridgehead atoms. The van der Waals surface area contributed by atoms with Crippen molar-refractivity contribution >= 4 is 11.9 Å². The SMILES string of the molecule is C=CCN(CC(=O)O)C1CCCNC(=O)C1. The van der Waals surface area contributed by atoms with Gasteiger partial charge in [0.1, 0.15) is 0 Å². The first-order valence-corrected chi connectivity index (χ1v) is 5.47. The first kappa shape index (κ1) is 12.7. The van der Waals surface area contributed by atoms with E-state index in [4.69, 9.17) is 5.11 Å². The Kier molecular flexibility index (Phi) is 4.98. The number of carboxylic acid groups (broad SMARTS) is 1. The van der Waals surface area contributed by atoms with Crippen LogP contribution < -0.4 is 5.32 Å². The van der Waals surface area contributed by atoms with Gasteiger partial charge in [-0.2, -0.15) is 0 Å². The maximum Gasteiger partial charge on any atom is 0.317 e. The molecule has 0 aromatic heterocycles. The van der Waals surface area contributed by atoms with Crippen LogP contribution in [0, 0.1) is 0 Å². The van der Waals surface area contributed by atoms with Gasteiger partial charge < -0.3 is 10.4 Å². The normalized spacial score (nSPS) is 21.3. The summed E-state index contributed by atoms with van der Waals surface area (Å²) in [6.07, 6.45) is 3.79. The van der Waals surface area contributed by atoms with Crippen molar-refractivity contribution in [3.63, 3.8) is 0 Å². The van der Waals surface area contributed by atoms with Crippen molar-refractivity contribution in [2.24, 2.45) is 0 Å². The zero-order valence-corrected chi connectivity index (χ0v) is 9.32. The van der Waals surface area contributed by atoms with E-state index in [1.54, 1.807) is 11.0 Å². The first-order chi connectivity index (χ1) is 7.63. The summed E-state index contributed by atoms with van der Waals surface area (Å²) in [6.45, 7) is 4.76. The van der Waals surface area contributed by atoms with Crippen LogP contribution in [0.5, 0.6) is 0 Å². The van der Waals surface area contributed by atoms with E-state index in [-0.39, 0.29) is 18.5 Å². The van der Waals surface area contributed by atoms with Gasteiger partial charge in [-0.25, -0.2) is 0 Å². The molecule has 1 fully saturated rings. The smallest absolute Gasteiger partial charge is 0.317 e. The van der Waals surface area contributed by atoms with E-state index in [9.17, 15) is 9.59 Å². The molecule has 1 saturated heterocycles. The van der Waals surface area contributed by atoms with Crippen LogP contribution in [0.3, 0.4) is 0 Å². The van der Waals surface area contributed by atoms with Gasteiger partial charge in [-0.1, -0.05) is 6.08 Å². The number of hydrogen-bond donors (Lipinski definition) is 2.